The van der Waals surface area contributed by atoms with Crippen LogP contribution in [0.5, 0.6) is 0 Å². The van der Waals surface area contributed by atoms with Gasteiger partial charge in [0.1, 0.15) is 0 Å². The van der Waals surface area contributed by atoms with Crippen LogP contribution in [0.25, 0.3) is 0 Å². The number of aromatic nitrogens is 2. The van der Waals surface area contributed by atoms with Crippen molar-refractivity contribution in [2.75, 3.05) is 26.3 Å². The van der Waals surface area contributed by atoms with Crippen molar-refractivity contribution in [1.29, 1.82) is 0 Å². The second kappa shape index (κ2) is 6.16. The predicted octanol–water partition coefficient (Wildman–Crippen LogP) is 0.401. The molecule has 2 heterocycles. The van der Waals surface area contributed by atoms with Gasteiger partial charge in [0, 0.05) is 18.8 Å². The average Bonchev–Trinajstić information content (AvgIpc) is 2.77. The van der Waals surface area contributed by atoms with Crippen molar-refractivity contribution >= 4 is 5.91 Å². The van der Waals surface area contributed by atoms with E-state index in [1.165, 1.54) is 0 Å². The molecule has 1 aliphatic rings. The molecule has 1 saturated heterocycles. The van der Waals surface area contributed by atoms with Gasteiger partial charge in [-0.3, -0.25) is 9.48 Å². The van der Waals surface area contributed by atoms with Crippen LogP contribution in [0.3, 0.4) is 0 Å². The highest BCUT2D eigenvalue weighted by Crippen LogP contribution is 2.15. The molecule has 19 heavy (non-hydrogen) atoms. The third kappa shape index (κ3) is 2.96. The molecular formula is C13H22N4O2. The highest BCUT2D eigenvalue weighted by Gasteiger charge is 2.27. The Bertz CT molecular complexity index is 444. The highest BCUT2D eigenvalue weighted by molar-refractivity contribution is 5.95. The van der Waals surface area contributed by atoms with Crippen molar-refractivity contribution in [2.24, 2.45) is 5.73 Å². The number of hydrogen-bond donors (Lipinski definition) is 1. The van der Waals surface area contributed by atoms with E-state index in [2.05, 4.69) is 5.10 Å². The maximum atomic E-state index is 12.5. The van der Waals surface area contributed by atoms with Crippen molar-refractivity contribution < 1.29 is 9.53 Å². The molecule has 1 aromatic heterocycles. The zero-order valence-corrected chi connectivity index (χ0v) is 11.6. The van der Waals surface area contributed by atoms with E-state index in [-0.39, 0.29) is 11.9 Å². The zero-order chi connectivity index (χ0) is 13.8. The Hall–Kier alpha value is -1.40. The largest absolute Gasteiger partial charge is 0.377 e. The Morgan fingerprint density at radius 2 is 2.42 bits per heavy atom. The van der Waals surface area contributed by atoms with E-state index >= 15 is 0 Å². The van der Waals surface area contributed by atoms with Gasteiger partial charge in [-0.05, 0) is 26.8 Å². The maximum absolute atomic E-state index is 12.5. The van der Waals surface area contributed by atoms with Crippen molar-refractivity contribution in [3.05, 3.63) is 17.5 Å². The number of rotatable bonds is 4. The third-order valence-corrected chi connectivity index (χ3v) is 3.54. The lowest BCUT2D eigenvalue weighted by Crippen LogP contribution is -2.47. The molecule has 6 heteroatoms. The second-order valence-electron chi connectivity index (χ2n) is 4.93. The van der Waals surface area contributed by atoms with E-state index in [9.17, 15) is 4.79 Å². The molecule has 2 N–H and O–H groups in total. The summed E-state index contributed by atoms with van der Waals surface area (Å²) < 4.78 is 7.21. The fraction of sp³-hybridized carbons (Fsp3) is 0.692. The average molecular weight is 266 g/mol. The van der Waals surface area contributed by atoms with Gasteiger partial charge < -0.3 is 15.4 Å². The van der Waals surface area contributed by atoms with Gasteiger partial charge in [-0.2, -0.15) is 5.10 Å². The van der Waals surface area contributed by atoms with Crippen LogP contribution in [-0.4, -0.2) is 52.9 Å². The number of morpholine rings is 1. The van der Waals surface area contributed by atoms with Crippen molar-refractivity contribution in [1.82, 2.24) is 14.7 Å². The predicted molar refractivity (Wildman–Crippen MR) is 72.0 cm³/mol. The molecule has 0 radical (unpaired) electrons. The summed E-state index contributed by atoms with van der Waals surface area (Å²) >= 11 is 0. The number of hydrogen-bond acceptors (Lipinski definition) is 4. The molecule has 1 aliphatic heterocycles. The molecule has 0 unspecified atom stereocenters. The highest BCUT2D eigenvalue weighted by atomic mass is 16.5. The Morgan fingerprint density at radius 1 is 1.63 bits per heavy atom. The standard InChI is InChI=1S/C13H22N4O2/c1-10-9-19-7-6-16(10)13(18)12-8-15-17(11(12)2)5-3-4-14/h8,10H,3-7,9,14H2,1-2H3/t10-/m1/s1. The molecule has 0 aromatic carbocycles. The lowest BCUT2D eigenvalue weighted by atomic mass is 10.2. The Morgan fingerprint density at radius 3 is 3.11 bits per heavy atom. The van der Waals surface area contributed by atoms with E-state index in [0.29, 0.717) is 31.9 Å². The first-order valence-electron chi connectivity index (χ1n) is 6.76. The van der Waals surface area contributed by atoms with Crippen LogP contribution in [0.1, 0.15) is 29.4 Å². The van der Waals surface area contributed by atoms with E-state index in [0.717, 1.165) is 18.7 Å². The normalized spacial score (nSPS) is 19.7. The van der Waals surface area contributed by atoms with Crippen molar-refractivity contribution in [2.45, 2.75) is 32.9 Å². The first kappa shape index (κ1) is 14.0. The van der Waals surface area contributed by atoms with Crippen LogP contribution < -0.4 is 5.73 Å². The SMILES string of the molecule is Cc1c(C(=O)N2CCOC[C@H]2C)cnn1CCCN. The fourth-order valence-corrected chi connectivity index (χ4v) is 2.31. The van der Waals surface area contributed by atoms with Crippen molar-refractivity contribution in [3.63, 3.8) is 0 Å². The summed E-state index contributed by atoms with van der Waals surface area (Å²) in [6.07, 6.45) is 2.53. The van der Waals surface area contributed by atoms with Crippen LogP contribution in [0.4, 0.5) is 0 Å². The molecule has 0 spiro atoms. The van der Waals surface area contributed by atoms with Gasteiger partial charge in [0.15, 0.2) is 0 Å². The summed E-state index contributed by atoms with van der Waals surface area (Å²) in [6.45, 7) is 7.18. The molecule has 0 saturated carbocycles. The second-order valence-corrected chi connectivity index (χ2v) is 4.93. The smallest absolute Gasteiger partial charge is 0.257 e. The molecule has 1 atom stereocenters. The summed E-state index contributed by atoms with van der Waals surface area (Å²) in [5.74, 6) is 0.0484. The van der Waals surface area contributed by atoms with E-state index < -0.39 is 0 Å². The first-order chi connectivity index (χ1) is 9.15. The van der Waals surface area contributed by atoms with Gasteiger partial charge >= 0.3 is 0 Å². The first-order valence-corrected chi connectivity index (χ1v) is 6.76. The van der Waals surface area contributed by atoms with Gasteiger partial charge in [0.25, 0.3) is 5.91 Å². The summed E-state index contributed by atoms with van der Waals surface area (Å²) in [4.78, 5) is 14.4. The molecule has 1 aromatic rings. The fourth-order valence-electron chi connectivity index (χ4n) is 2.31. The van der Waals surface area contributed by atoms with E-state index in [1.54, 1.807) is 6.20 Å². The minimum absolute atomic E-state index is 0.0484. The zero-order valence-electron chi connectivity index (χ0n) is 11.6. The summed E-state index contributed by atoms with van der Waals surface area (Å²) in [5.41, 5.74) is 7.10. The lowest BCUT2D eigenvalue weighted by molar-refractivity contribution is 0.00354. The Balaban J connectivity index is 2.12. The van der Waals surface area contributed by atoms with Crippen LogP contribution in [0, 0.1) is 6.92 Å². The molecule has 106 valence electrons. The van der Waals surface area contributed by atoms with Crippen LogP contribution >= 0.6 is 0 Å². The monoisotopic (exact) mass is 266 g/mol. The van der Waals surface area contributed by atoms with Gasteiger partial charge in [0.2, 0.25) is 0 Å². The van der Waals surface area contributed by atoms with Gasteiger partial charge in [-0.25, -0.2) is 0 Å². The summed E-state index contributed by atoms with van der Waals surface area (Å²) in [6, 6.07) is 0.119. The number of carbonyl (C=O) groups is 1. The summed E-state index contributed by atoms with van der Waals surface area (Å²) in [7, 11) is 0. The van der Waals surface area contributed by atoms with Crippen molar-refractivity contribution in [3.8, 4) is 0 Å². The molecule has 6 nitrogen and oxygen atoms in total. The minimum Gasteiger partial charge on any atom is -0.377 e. The van der Waals surface area contributed by atoms with Gasteiger partial charge in [0.05, 0.1) is 31.0 Å². The van der Waals surface area contributed by atoms with Crippen LogP contribution in [-0.2, 0) is 11.3 Å². The Labute approximate surface area is 113 Å². The maximum Gasteiger partial charge on any atom is 0.257 e. The summed E-state index contributed by atoms with van der Waals surface area (Å²) in [5, 5.41) is 4.28. The molecule has 1 fully saturated rings. The lowest BCUT2D eigenvalue weighted by Gasteiger charge is -2.33. The number of amides is 1. The van der Waals surface area contributed by atoms with E-state index in [4.69, 9.17) is 10.5 Å². The van der Waals surface area contributed by atoms with Crippen LogP contribution in [0.2, 0.25) is 0 Å². The molecule has 0 aliphatic carbocycles. The molecular weight excluding hydrogens is 244 g/mol. The van der Waals surface area contributed by atoms with Gasteiger partial charge in [-0.1, -0.05) is 0 Å². The molecule has 1 amide bonds. The van der Waals surface area contributed by atoms with Gasteiger partial charge in [-0.15, -0.1) is 0 Å². The molecule has 2 rings (SSSR count). The third-order valence-electron chi connectivity index (χ3n) is 3.54. The number of carbonyl (C=O) groups excluding carboxylic acids is 1. The quantitative estimate of drug-likeness (QED) is 0.856. The number of nitrogens with two attached hydrogens (primary N) is 1. The number of nitrogens with zero attached hydrogens (tertiary/aromatic N) is 3. The topological polar surface area (TPSA) is 73.4 Å². The van der Waals surface area contributed by atoms with Crippen LogP contribution in [0.15, 0.2) is 6.20 Å². The van der Waals surface area contributed by atoms with E-state index in [1.807, 2.05) is 23.4 Å². The minimum atomic E-state index is 0.0484. The number of ether oxygens (including phenoxy) is 1. The Kier molecular flexibility index (Phi) is 4.55. The molecule has 0 bridgehead atoms. The number of aryl methyl sites for hydroxylation is 1.